The zero-order chi connectivity index (χ0) is 20.0. The van der Waals surface area contributed by atoms with Crippen LogP contribution in [0.1, 0.15) is 16.1 Å². The number of carbonyl (C=O) groups excluding carboxylic acids is 1. The largest absolute Gasteiger partial charge is 0.383 e. The van der Waals surface area contributed by atoms with Crippen LogP contribution in [0.3, 0.4) is 0 Å². The third-order valence-corrected chi connectivity index (χ3v) is 5.03. The van der Waals surface area contributed by atoms with Gasteiger partial charge in [0.25, 0.3) is 5.91 Å². The summed E-state index contributed by atoms with van der Waals surface area (Å²) in [6.45, 7) is 0.356. The van der Waals surface area contributed by atoms with Gasteiger partial charge in [-0.2, -0.15) is 4.98 Å². The lowest BCUT2D eigenvalue weighted by atomic mass is 10.1. The number of nitrogen functional groups attached to an aromatic ring is 2. The number of anilines is 2. The quantitative estimate of drug-likeness (QED) is 0.381. The first kappa shape index (κ1) is 17.0. The van der Waals surface area contributed by atoms with Crippen LogP contribution in [0, 0.1) is 0 Å². The van der Waals surface area contributed by atoms with Crippen LogP contribution in [0.25, 0.3) is 32.6 Å². The molecule has 0 aliphatic heterocycles. The fourth-order valence-electron chi connectivity index (χ4n) is 3.60. The molecule has 29 heavy (non-hydrogen) atoms. The Bertz CT molecular complexity index is 1410. The van der Waals surface area contributed by atoms with Crippen molar-refractivity contribution in [2.24, 2.45) is 0 Å². The van der Waals surface area contributed by atoms with E-state index in [1.54, 1.807) is 0 Å². The molecule has 2 heterocycles. The van der Waals surface area contributed by atoms with E-state index in [1.165, 1.54) is 0 Å². The Balaban J connectivity index is 1.40. The fraction of sp³-hybridized carbons (Fsp3) is 0.0455. The minimum absolute atomic E-state index is 0.126. The Hall–Kier alpha value is -4.13. The van der Waals surface area contributed by atoms with Crippen LogP contribution in [0.4, 0.5) is 11.8 Å². The molecule has 5 aromatic rings. The number of carbonyl (C=O) groups is 1. The van der Waals surface area contributed by atoms with E-state index < -0.39 is 0 Å². The highest BCUT2D eigenvalue weighted by Gasteiger charge is 2.12. The molecule has 7 nitrogen and oxygen atoms in total. The Labute approximate surface area is 165 Å². The maximum absolute atomic E-state index is 12.7. The number of aromatic nitrogens is 3. The lowest BCUT2D eigenvalue weighted by Gasteiger charge is -2.07. The normalized spacial score (nSPS) is 11.3. The second-order valence-electron chi connectivity index (χ2n) is 6.94. The van der Waals surface area contributed by atoms with E-state index in [1.807, 2.05) is 48.5 Å². The van der Waals surface area contributed by atoms with Crippen molar-refractivity contribution >= 4 is 50.3 Å². The molecule has 2 aromatic heterocycles. The number of hydrogen-bond donors (Lipinski definition) is 4. The maximum Gasteiger partial charge on any atom is 0.267 e. The van der Waals surface area contributed by atoms with Crippen LogP contribution >= 0.6 is 0 Å². The predicted octanol–water partition coefficient (Wildman–Crippen LogP) is 3.36. The second-order valence-corrected chi connectivity index (χ2v) is 6.94. The third kappa shape index (κ3) is 2.98. The zero-order valence-corrected chi connectivity index (χ0v) is 15.4. The summed E-state index contributed by atoms with van der Waals surface area (Å²) in [6.07, 6.45) is 0. The van der Waals surface area contributed by atoms with E-state index in [2.05, 4.69) is 32.4 Å². The number of rotatable bonds is 3. The number of aromatic amines is 1. The number of nitrogens with one attached hydrogen (secondary N) is 2. The lowest BCUT2D eigenvalue weighted by molar-refractivity contribution is 0.0947. The molecule has 0 fully saturated rings. The molecule has 5 rings (SSSR count). The molecule has 0 saturated carbocycles. The topological polar surface area (TPSA) is 123 Å². The molecule has 7 heteroatoms. The molecule has 0 radical (unpaired) electrons. The molecule has 0 spiro atoms. The van der Waals surface area contributed by atoms with Crippen molar-refractivity contribution in [2.45, 2.75) is 6.54 Å². The first-order valence-corrected chi connectivity index (χ1v) is 9.19. The van der Waals surface area contributed by atoms with Gasteiger partial charge in [0.15, 0.2) is 0 Å². The van der Waals surface area contributed by atoms with E-state index in [-0.39, 0.29) is 11.9 Å². The Morgan fingerprint density at radius 1 is 0.931 bits per heavy atom. The highest BCUT2D eigenvalue weighted by atomic mass is 16.1. The van der Waals surface area contributed by atoms with E-state index in [4.69, 9.17) is 11.5 Å². The molecule has 142 valence electrons. The molecule has 0 bridgehead atoms. The average molecular weight is 382 g/mol. The minimum atomic E-state index is -0.174. The summed E-state index contributed by atoms with van der Waals surface area (Å²) in [7, 11) is 0. The van der Waals surface area contributed by atoms with Crippen LogP contribution in [0.5, 0.6) is 0 Å². The fourth-order valence-corrected chi connectivity index (χ4v) is 3.60. The Morgan fingerprint density at radius 3 is 2.66 bits per heavy atom. The van der Waals surface area contributed by atoms with E-state index in [0.717, 1.165) is 32.6 Å². The number of nitrogens with two attached hydrogens (primary N) is 2. The maximum atomic E-state index is 12.7. The van der Waals surface area contributed by atoms with Gasteiger partial charge in [-0.1, -0.05) is 42.5 Å². The molecule has 0 saturated heterocycles. The smallest absolute Gasteiger partial charge is 0.267 e. The minimum Gasteiger partial charge on any atom is -0.383 e. The van der Waals surface area contributed by atoms with E-state index >= 15 is 0 Å². The number of benzene rings is 3. The molecule has 0 atom stereocenters. The number of fused-ring (bicyclic) bond motifs is 4. The first-order valence-electron chi connectivity index (χ1n) is 9.19. The summed E-state index contributed by atoms with van der Waals surface area (Å²) in [6, 6.07) is 19.6. The standard InChI is InChI=1S/C22H18N6O/c23-20-16-8-5-12(9-17(16)27-22(24)28-20)11-25-21(29)18-10-14-7-6-13-3-1-2-4-15(13)19(14)26-18/h1-10,26H,11H2,(H,25,29)(H4,23,24,27,28). The third-order valence-electron chi connectivity index (χ3n) is 5.03. The number of hydrogen-bond acceptors (Lipinski definition) is 5. The summed E-state index contributed by atoms with van der Waals surface area (Å²) in [4.78, 5) is 24.1. The predicted molar refractivity (Wildman–Crippen MR) is 115 cm³/mol. The van der Waals surface area contributed by atoms with Gasteiger partial charge in [0.1, 0.15) is 11.5 Å². The molecule has 6 N–H and O–H groups in total. The highest BCUT2D eigenvalue weighted by Crippen LogP contribution is 2.25. The monoisotopic (exact) mass is 382 g/mol. The van der Waals surface area contributed by atoms with Crippen molar-refractivity contribution in [1.82, 2.24) is 20.3 Å². The molecular weight excluding hydrogens is 364 g/mol. The van der Waals surface area contributed by atoms with Gasteiger partial charge in [-0.3, -0.25) is 4.79 Å². The van der Waals surface area contributed by atoms with Gasteiger partial charge < -0.3 is 21.8 Å². The van der Waals surface area contributed by atoms with Crippen LogP contribution in [-0.4, -0.2) is 20.9 Å². The van der Waals surface area contributed by atoms with E-state index in [9.17, 15) is 4.79 Å². The van der Waals surface area contributed by atoms with Crippen molar-refractivity contribution in [2.75, 3.05) is 11.5 Å². The van der Waals surface area contributed by atoms with Gasteiger partial charge in [-0.15, -0.1) is 0 Å². The van der Waals surface area contributed by atoms with Crippen LogP contribution < -0.4 is 16.8 Å². The van der Waals surface area contributed by atoms with Gasteiger partial charge >= 0.3 is 0 Å². The van der Waals surface area contributed by atoms with Crippen LogP contribution in [0.15, 0.2) is 60.7 Å². The van der Waals surface area contributed by atoms with Gasteiger partial charge in [-0.25, -0.2) is 4.98 Å². The Morgan fingerprint density at radius 2 is 1.76 bits per heavy atom. The highest BCUT2D eigenvalue weighted by molar-refractivity contribution is 6.08. The van der Waals surface area contributed by atoms with Crippen molar-refractivity contribution in [1.29, 1.82) is 0 Å². The summed E-state index contributed by atoms with van der Waals surface area (Å²) in [5.41, 5.74) is 14.6. The number of H-pyrrole nitrogens is 1. The molecule has 0 aliphatic rings. The summed E-state index contributed by atoms with van der Waals surface area (Å²) < 4.78 is 0. The van der Waals surface area contributed by atoms with Crippen molar-refractivity contribution in [3.63, 3.8) is 0 Å². The van der Waals surface area contributed by atoms with Crippen molar-refractivity contribution in [3.8, 4) is 0 Å². The number of nitrogens with zero attached hydrogens (tertiary/aromatic N) is 2. The summed E-state index contributed by atoms with van der Waals surface area (Å²) in [5, 5.41) is 6.90. The zero-order valence-electron chi connectivity index (χ0n) is 15.4. The summed E-state index contributed by atoms with van der Waals surface area (Å²) >= 11 is 0. The van der Waals surface area contributed by atoms with Crippen LogP contribution in [0.2, 0.25) is 0 Å². The summed E-state index contributed by atoms with van der Waals surface area (Å²) in [5.74, 6) is 0.293. The van der Waals surface area contributed by atoms with Gasteiger partial charge in [0, 0.05) is 22.7 Å². The molecule has 1 amide bonds. The molecule has 0 aliphatic carbocycles. The van der Waals surface area contributed by atoms with Gasteiger partial charge in [0.2, 0.25) is 5.95 Å². The molecular formula is C22H18N6O. The van der Waals surface area contributed by atoms with Crippen molar-refractivity contribution < 1.29 is 4.79 Å². The SMILES string of the molecule is Nc1nc(N)c2ccc(CNC(=O)c3cc4ccc5ccccc5c4[nH]3)cc2n1. The number of amides is 1. The van der Waals surface area contributed by atoms with Gasteiger partial charge in [-0.05, 0) is 29.1 Å². The molecule has 0 unspecified atom stereocenters. The lowest BCUT2D eigenvalue weighted by Crippen LogP contribution is -2.23. The second kappa shape index (κ2) is 6.49. The van der Waals surface area contributed by atoms with Crippen LogP contribution in [-0.2, 0) is 6.54 Å². The Kier molecular flexibility index (Phi) is 3.80. The van der Waals surface area contributed by atoms with Crippen molar-refractivity contribution in [3.05, 3.63) is 71.9 Å². The van der Waals surface area contributed by atoms with Gasteiger partial charge in [0.05, 0.1) is 11.0 Å². The average Bonchev–Trinajstić information content (AvgIpc) is 3.16. The molecule has 3 aromatic carbocycles. The first-order chi connectivity index (χ1) is 14.1. The van der Waals surface area contributed by atoms with E-state index in [0.29, 0.717) is 23.6 Å².